The van der Waals surface area contributed by atoms with E-state index in [1.54, 1.807) is 0 Å². The van der Waals surface area contributed by atoms with E-state index in [-0.39, 0.29) is 6.61 Å². The zero-order valence-corrected chi connectivity index (χ0v) is 13.0. The first-order chi connectivity index (χ1) is 9.74. The van der Waals surface area contributed by atoms with E-state index in [1.807, 2.05) is 0 Å². The van der Waals surface area contributed by atoms with Crippen LogP contribution in [0.15, 0.2) is 0 Å². The van der Waals surface area contributed by atoms with Crippen LogP contribution in [0.4, 0.5) is 0 Å². The number of unbranched alkanes of at least 4 members (excludes halogenated alkanes) is 1. The fourth-order valence-corrected chi connectivity index (χ4v) is 3.90. The molecule has 0 bridgehead atoms. The maximum absolute atomic E-state index is 12.5. The number of aliphatic hydroxyl groups is 1. The van der Waals surface area contributed by atoms with Crippen molar-refractivity contribution in [3.8, 4) is 0 Å². The summed E-state index contributed by atoms with van der Waals surface area (Å²) in [7, 11) is 0. The van der Waals surface area contributed by atoms with Crippen LogP contribution in [0, 0.1) is 17.8 Å². The van der Waals surface area contributed by atoms with Gasteiger partial charge in [0.25, 0.3) is 0 Å². The van der Waals surface area contributed by atoms with Crippen molar-refractivity contribution in [3.63, 3.8) is 0 Å². The SMILES string of the molecule is CCCCC1CCC(C(=O)N2CCC(CCO)C2)CC1. The fourth-order valence-electron chi connectivity index (χ4n) is 3.90. The molecule has 3 heteroatoms. The van der Waals surface area contributed by atoms with Crippen molar-refractivity contribution in [1.29, 1.82) is 0 Å². The Morgan fingerprint density at radius 2 is 1.85 bits per heavy atom. The second kappa shape index (κ2) is 8.02. The predicted octanol–water partition coefficient (Wildman–Crippen LogP) is 3.21. The molecule has 0 radical (unpaired) electrons. The average molecular weight is 281 g/mol. The molecule has 3 nitrogen and oxygen atoms in total. The average Bonchev–Trinajstić information content (AvgIpc) is 2.94. The number of hydrogen-bond donors (Lipinski definition) is 1. The van der Waals surface area contributed by atoms with Gasteiger partial charge in [0.2, 0.25) is 5.91 Å². The summed E-state index contributed by atoms with van der Waals surface area (Å²) in [6.45, 7) is 4.31. The molecule has 1 aliphatic carbocycles. The van der Waals surface area contributed by atoms with Crippen LogP contribution in [0.3, 0.4) is 0 Å². The summed E-state index contributed by atoms with van der Waals surface area (Å²) in [5.74, 6) is 2.10. The lowest BCUT2D eigenvalue weighted by Gasteiger charge is -2.30. The number of carbonyl (C=O) groups is 1. The molecule has 1 atom stereocenters. The molecule has 1 saturated carbocycles. The molecule has 0 aromatic heterocycles. The van der Waals surface area contributed by atoms with E-state index in [2.05, 4.69) is 11.8 Å². The molecular weight excluding hydrogens is 250 g/mol. The van der Waals surface area contributed by atoms with Crippen molar-refractivity contribution in [2.75, 3.05) is 19.7 Å². The third-order valence-corrected chi connectivity index (χ3v) is 5.30. The fraction of sp³-hybridized carbons (Fsp3) is 0.941. The molecular formula is C17H31NO2. The summed E-state index contributed by atoms with van der Waals surface area (Å²) in [5.41, 5.74) is 0. The minimum absolute atomic E-state index is 0.259. The number of aliphatic hydroxyl groups excluding tert-OH is 1. The van der Waals surface area contributed by atoms with E-state index in [9.17, 15) is 4.79 Å². The van der Waals surface area contributed by atoms with Gasteiger partial charge in [-0.15, -0.1) is 0 Å². The molecule has 0 aromatic carbocycles. The summed E-state index contributed by atoms with van der Waals surface area (Å²) < 4.78 is 0. The Morgan fingerprint density at radius 3 is 2.50 bits per heavy atom. The van der Waals surface area contributed by atoms with Gasteiger partial charge in [-0.05, 0) is 50.4 Å². The Bertz CT molecular complexity index is 297. The molecule has 0 spiro atoms. The lowest BCUT2D eigenvalue weighted by Crippen LogP contribution is -2.36. The van der Waals surface area contributed by atoms with Crippen molar-refractivity contribution in [2.24, 2.45) is 17.8 Å². The molecule has 1 unspecified atom stereocenters. The molecule has 116 valence electrons. The van der Waals surface area contributed by atoms with Crippen molar-refractivity contribution in [3.05, 3.63) is 0 Å². The van der Waals surface area contributed by atoms with Crippen LogP contribution in [-0.2, 0) is 4.79 Å². The largest absolute Gasteiger partial charge is 0.396 e. The van der Waals surface area contributed by atoms with Gasteiger partial charge in [0.05, 0.1) is 0 Å². The summed E-state index contributed by atoms with van der Waals surface area (Å²) >= 11 is 0. The molecule has 1 aliphatic heterocycles. The predicted molar refractivity (Wildman–Crippen MR) is 81.4 cm³/mol. The van der Waals surface area contributed by atoms with Gasteiger partial charge in [0, 0.05) is 25.6 Å². The third kappa shape index (κ3) is 4.21. The van der Waals surface area contributed by atoms with E-state index in [1.165, 1.54) is 32.1 Å². The minimum atomic E-state index is 0.259. The molecule has 2 fully saturated rings. The number of rotatable bonds is 6. The second-order valence-electron chi connectivity index (χ2n) is 6.81. The minimum Gasteiger partial charge on any atom is -0.396 e. The van der Waals surface area contributed by atoms with Crippen LogP contribution in [0.1, 0.15) is 64.7 Å². The van der Waals surface area contributed by atoms with E-state index in [0.717, 1.165) is 44.7 Å². The van der Waals surface area contributed by atoms with E-state index in [0.29, 0.717) is 17.7 Å². The van der Waals surface area contributed by atoms with Gasteiger partial charge in [-0.2, -0.15) is 0 Å². The Morgan fingerprint density at radius 1 is 1.10 bits per heavy atom. The number of likely N-dealkylation sites (tertiary alicyclic amines) is 1. The second-order valence-corrected chi connectivity index (χ2v) is 6.81. The highest BCUT2D eigenvalue weighted by molar-refractivity contribution is 5.79. The molecule has 1 amide bonds. The van der Waals surface area contributed by atoms with E-state index < -0.39 is 0 Å². The highest BCUT2D eigenvalue weighted by Crippen LogP contribution is 2.34. The lowest BCUT2D eigenvalue weighted by molar-refractivity contribution is -0.135. The summed E-state index contributed by atoms with van der Waals surface area (Å²) in [6, 6.07) is 0. The smallest absolute Gasteiger partial charge is 0.225 e. The van der Waals surface area contributed by atoms with E-state index in [4.69, 9.17) is 5.11 Å². The monoisotopic (exact) mass is 281 g/mol. The van der Waals surface area contributed by atoms with Gasteiger partial charge in [0.1, 0.15) is 0 Å². The molecule has 0 aromatic rings. The zero-order chi connectivity index (χ0) is 14.4. The van der Waals surface area contributed by atoms with Crippen molar-refractivity contribution < 1.29 is 9.90 Å². The van der Waals surface area contributed by atoms with Crippen molar-refractivity contribution in [1.82, 2.24) is 4.90 Å². The van der Waals surface area contributed by atoms with Crippen LogP contribution in [0.25, 0.3) is 0 Å². The highest BCUT2D eigenvalue weighted by Gasteiger charge is 2.32. The van der Waals surface area contributed by atoms with Crippen LogP contribution in [0.5, 0.6) is 0 Å². The van der Waals surface area contributed by atoms with Crippen LogP contribution >= 0.6 is 0 Å². The first-order valence-corrected chi connectivity index (χ1v) is 8.64. The Kier molecular flexibility index (Phi) is 6.34. The van der Waals surface area contributed by atoms with Crippen LogP contribution < -0.4 is 0 Å². The first kappa shape index (κ1) is 15.8. The number of nitrogens with zero attached hydrogens (tertiary/aromatic N) is 1. The van der Waals surface area contributed by atoms with Gasteiger partial charge in [-0.3, -0.25) is 4.79 Å². The van der Waals surface area contributed by atoms with E-state index >= 15 is 0 Å². The van der Waals surface area contributed by atoms with Crippen LogP contribution in [-0.4, -0.2) is 35.6 Å². The maximum Gasteiger partial charge on any atom is 0.225 e. The highest BCUT2D eigenvalue weighted by atomic mass is 16.3. The first-order valence-electron chi connectivity index (χ1n) is 8.64. The molecule has 2 aliphatic rings. The Balaban J connectivity index is 1.72. The van der Waals surface area contributed by atoms with Crippen molar-refractivity contribution >= 4 is 5.91 Å². The zero-order valence-electron chi connectivity index (χ0n) is 13.0. The molecule has 1 N–H and O–H groups in total. The quantitative estimate of drug-likeness (QED) is 0.812. The Labute approximate surface area is 123 Å². The normalized spacial score (nSPS) is 30.7. The lowest BCUT2D eigenvalue weighted by atomic mass is 9.79. The molecule has 1 heterocycles. The number of amides is 1. The number of carbonyl (C=O) groups excluding carboxylic acids is 1. The van der Waals surface area contributed by atoms with Gasteiger partial charge < -0.3 is 10.0 Å². The van der Waals surface area contributed by atoms with Crippen molar-refractivity contribution in [2.45, 2.75) is 64.7 Å². The third-order valence-electron chi connectivity index (χ3n) is 5.30. The molecule has 1 saturated heterocycles. The standard InChI is InChI=1S/C17H31NO2/c1-2-3-4-14-5-7-16(8-6-14)17(20)18-11-9-15(13-18)10-12-19/h14-16,19H,2-13H2,1H3. The summed E-state index contributed by atoms with van der Waals surface area (Å²) in [6.07, 6.45) is 10.7. The number of hydrogen-bond acceptors (Lipinski definition) is 2. The van der Waals surface area contributed by atoms with Crippen LogP contribution in [0.2, 0.25) is 0 Å². The van der Waals surface area contributed by atoms with Gasteiger partial charge in [0.15, 0.2) is 0 Å². The molecule has 2 rings (SSSR count). The maximum atomic E-state index is 12.5. The molecule has 20 heavy (non-hydrogen) atoms. The summed E-state index contributed by atoms with van der Waals surface area (Å²) in [5, 5.41) is 9.00. The van der Waals surface area contributed by atoms with Gasteiger partial charge >= 0.3 is 0 Å². The topological polar surface area (TPSA) is 40.5 Å². The van der Waals surface area contributed by atoms with Gasteiger partial charge in [-0.1, -0.05) is 26.2 Å². The van der Waals surface area contributed by atoms with Gasteiger partial charge in [-0.25, -0.2) is 0 Å². The Hall–Kier alpha value is -0.570. The summed E-state index contributed by atoms with van der Waals surface area (Å²) in [4.78, 5) is 14.6.